The molecule has 0 amide bonds. The van der Waals surface area contributed by atoms with Crippen molar-refractivity contribution in [2.24, 2.45) is 34.5 Å². The Balaban J connectivity index is 1.53. The molecule has 0 saturated heterocycles. The molecule has 0 radical (unpaired) electrons. The maximum atomic E-state index is 12.6. The Morgan fingerprint density at radius 3 is 2.81 bits per heavy atom. The van der Waals surface area contributed by atoms with Crippen LogP contribution in [-0.4, -0.2) is 26.0 Å². The summed E-state index contributed by atoms with van der Waals surface area (Å²) >= 11 is 0. The molecule has 150 valence electrons. The average Bonchev–Trinajstić information content (AvgIpc) is 2.95. The standard InChI is InChI=1S/C23H36N2O2/c1-15-13-16-14-17(25-27-12-11-24-4)7-9-22(16,2)19-8-10-23(3)18(21(15)19)5-6-20(23)26/h14,16,18-19,21,24-25H,1,5-13H2,2-4H3/t16?,18-,19+,21-,22-,23-/m0/s1. The molecule has 0 aliphatic heterocycles. The Kier molecular flexibility index (Phi) is 5.00. The van der Waals surface area contributed by atoms with Gasteiger partial charge in [0.1, 0.15) is 5.78 Å². The Bertz CT molecular complexity index is 657. The minimum atomic E-state index is -0.0777. The first-order valence-corrected chi connectivity index (χ1v) is 10.8. The third-order valence-corrected chi connectivity index (χ3v) is 8.62. The molecule has 4 nitrogen and oxygen atoms in total. The number of allylic oxidation sites excluding steroid dienone is 3. The zero-order valence-electron chi connectivity index (χ0n) is 17.3. The van der Waals surface area contributed by atoms with E-state index in [4.69, 9.17) is 4.84 Å². The van der Waals surface area contributed by atoms with E-state index in [0.29, 0.717) is 41.5 Å². The van der Waals surface area contributed by atoms with Crippen LogP contribution in [0.15, 0.2) is 23.9 Å². The van der Waals surface area contributed by atoms with Crippen molar-refractivity contribution in [3.05, 3.63) is 23.9 Å². The zero-order chi connectivity index (χ0) is 19.2. The average molecular weight is 373 g/mol. The molecule has 0 bridgehead atoms. The van der Waals surface area contributed by atoms with Gasteiger partial charge in [-0.15, -0.1) is 0 Å². The Hall–Kier alpha value is -1.13. The molecular weight excluding hydrogens is 336 g/mol. The van der Waals surface area contributed by atoms with Gasteiger partial charge in [0.15, 0.2) is 0 Å². The highest BCUT2D eigenvalue weighted by Crippen LogP contribution is 2.66. The van der Waals surface area contributed by atoms with E-state index in [1.807, 2.05) is 7.05 Å². The number of hydroxylamine groups is 1. The second-order valence-electron chi connectivity index (χ2n) is 9.88. The van der Waals surface area contributed by atoms with Crippen LogP contribution in [0.1, 0.15) is 58.8 Å². The van der Waals surface area contributed by atoms with Crippen LogP contribution in [0.3, 0.4) is 0 Å². The van der Waals surface area contributed by atoms with E-state index in [1.165, 1.54) is 24.1 Å². The van der Waals surface area contributed by atoms with Crippen molar-refractivity contribution in [2.75, 3.05) is 20.2 Å². The number of likely N-dealkylation sites (N-methyl/N-ethyl adjacent to an activating group) is 1. The van der Waals surface area contributed by atoms with Crippen molar-refractivity contribution >= 4 is 5.78 Å². The summed E-state index contributed by atoms with van der Waals surface area (Å²) in [5.74, 6) is 2.81. The van der Waals surface area contributed by atoms with Gasteiger partial charge in [-0.1, -0.05) is 32.1 Å². The van der Waals surface area contributed by atoms with Crippen LogP contribution in [0.5, 0.6) is 0 Å². The van der Waals surface area contributed by atoms with Crippen LogP contribution in [-0.2, 0) is 9.63 Å². The Morgan fingerprint density at radius 1 is 1.22 bits per heavy atom. The van der Waals surface area contributed by atoms with E-state index in [-0.39, 0.29) is 5.41 Å². The highest BCUT2D eigenvalue weighted by Gasteiger charge is 2.60. The second kappa shape index (κ2) is 7.04. The molecule has 0 aromatic heterocycles. The normalized spacial score (nSPS) is 43.6. The molecule has 0 aromatic carbocycles. The minimum absolute atomic E-state index is 0.0777. The fourth-order valence-electron chi connectivity index (χ4n) is 6.88. The highest BCUT2D eigenvalue weighted by atomic mass is 16.6. The van der Waals surface area contributed by atoms with Crippen LogP contribution in [0.25, 0.3) is 0 Å². The number of hydrogen-bond acceptors (Lipinski definition) is 4. The summed E-state index contributed by atoms with van der Waals surface area (Å²) in [7, 11) is 1.94. The number of nitrogens with one attached hydrogen (secondary N) is 2. The number of fused-ring (bicyclic) bond motifs is 5. The molecule has 0 aromatic rings. The minimum Gasteiger partial charge on any atom is -0.317 e. The molecule has 1 unspecified atom stereocenters. The molecule has 4 heteroatoms. The first-order chi connectivity index (χ1) is 12.9. The molecule has 0 heterocycles. The van der Waals surface area contributed by atoms with Gasteiger partial charge in [0.05, 0.1) is 6.61 Å². The SMILES string of the molecule is C=C1CC2C=C(NOCCNC)CC[C@]2(C)[C@@H]2CC[C@]3(C)C(=O)CC[C@H]3[C@H]12. The smallest absolute Gasteiger partial charge is 0.139 e. The fourth-order valence-corrected chi connectivity index (χ4v) is 6.88. The predicted molar refractivity (Wildman–Crippen MR) is 108 cm³/mol. The number of carbonyl (C=O) groups is 1. The molecule has 4 aliphatic carbocycles. The summed E-state index contributed by atoms with van der Waals surface area (Å²) in [6, 6.07) is 0. The summed E-state index contributed by atoms with van der Waals surface area (Å²) in [4.78, 5) is 18.2. The molecule has 6 atom stereocenters. The Morgan fingerprint density at radius 2 is 2.04 bits per heavy atom. The van der Waals surface area contributed by atoms with Crippen LogP contribution >= 0.6 is 0 Å². The van der Waals surface area contributed by atoms with Crippen molar-refractivity contribution in [1.82, 2.24) is 10.8 Å². The van der Waals surface area contributed by atoms with E-state index < -0.39 is 0 Å². The maximum Gasteiger partial charge on any atom is 0.139 e. The van der Waals surface area contributed by atoms with Gasteiger partial charge in [-0.25, -0.2) is 0 Å². The zero-order valence-corrected chi connectivity index (χ0v) is 17.3. The number of Topliss-reactive ketones (excluding diaryl/α,β-unsaturated/α-hetero) is 1. The van der Waals surface area contributed by atoms with Crippen molar-refractivity contribution in [3.63, 3.8) is 0 Å². The molecule has 3 fully saturated rings. The first kappa shape index (κ1) is 19.2. The van der Waals surface area contributed by atoms with E-state index in [0.717, 1.165) is 38.6 Å². The number of ketones is 1. The van der Waals surface area contributed by atoms with Gasteiger partial charge in [0.2, 0.25) is 0 Å². The third kappa shape index (κ3) is 3.00. The molecule has 27 heavy (non-hydrogen) atoms. The maximum absolute atomic E-state index is 12.6. The van der Waals surface area contributed by atoms with Crippen LogP contribution < -0.4 is 10.8 Å². The largest absolute Gasteiger partial charge is 0.317 e. The summed E-state index contributed by atoms with van der Waals surface area (Å²) in [5, 5.41) is 3.10. The highest BCUT2D eigenvalue weighted by molar-refractivity contribution is 5.87. The van der Waals surface area contributed by atoms with Gasteiger partial charge >= 0.3 is 0 Å². The van der Waals surface area contributed by atoms with E-state index in [9.17, 15) is 4.79 Å². The van der Waals surface area contributed by atoms with Crippen molar-refractivity contribution in [1.29, 1.82) is 0 Å². The lowest BCUT2D eigenvalue weighted by Crippen LogP contribution is -2.53. The monoisotopic (exact) mass is 372 g/mol. The molecule has 4 aliphatic rings. The molecular formula is C23H36N2O2. The molecule has 2 N–H and O–H groups in total. The summed E-state index contributed by atoms with van der Waals surface area (Å²) in [6.07, 6.45) is 9.90. The van der Waals surface area contributed by atoms with Crippen LogP contribution in [0, 0.1) is 34.5 Å². The van der Waals surface area contributed by atoms with Gasteiger partial charge < -0.3 is 5.32 Å². The van der Waals surface area contributed by atoms with Crippen molar-refractivity contribution in [3.8, 4) is 0 Å². The fraction of sp³-hybridized carbons (Fsp3) is 0.783. The van der Waals surface area contributed by atoms with Crippen molar-refractivity contribution < 1.29 is 9.63 Å². The van der Waals surface area contributed by atoms with E-state index in [1.54, 1.807) is 0 Å². The lowest BCUT2D eigenvalue weighted by atomic mass is 9.45. The van der Waals surface area contributed by atoms with E-state index in [2.05, 4.69) is 37.3 Å². The number of rotatable bonds is 5. The summed E-state index contributed by atoms with van der Waals surface area (Å²) in [6.45, 7) is 10.8. The molecule has 0 spiro atoms. The lowest BCUT2D eigenvalue weighted by Gasteiger charge is -2.59. The van der Waals surface area contributed by atoms with Gasteiger partial charge in [-0.05, 0) is 74.7 Å². The van der Waals surface area contributed by atoms with Gasteiger partial charge in [0.25, 0.3) is 0 Å². The number of carbonyl (C=O) groups excluding carboxylic acids is 1. The number of hydrogen-bond donors (Lipinski definition) is 2. The summed E-state index contributed by atoms with van der Waals surface area (Å²) < 4.78 is 0. The topological polar surface area (TPSA) is 50.4 Å². The predicted octanol–water partition coefficient (Wildman–Crippen LogP) is 4.00. The summed E-state index contributed by atoms with van der Waals surface area (Å²) in [5.41, 5.74) is 6.08. The molecule has 3 saturated carbocycles. The lowest BCUT2D eigenvalue weighted by molar-refractivity contribution is -0.132. The van der Waals surface area contributed by atoms with E-state index >= 15 is 0 Å². The molecule has 4 rings (SSSR count). The van der Waals surface area contributed by atoms with Crippen LogP contribution in [0.2, 0.25) is 0 Å². The van der Waals surface area contributed by atoms with Crippen molar-refractivity contribution in [2.45, 2.75) is 58.8 Å². The third-order valence-electron chi connectivity index (χ3n) is 8.62. The van der Waals surface area contributed by atoms with Gasteiger partial charge in [-0.3, -0.25) is 15.1 Å². The van der Waals surface area contributed by atoms with Gasteiger partial charge in [0, 0.05) is 24.1 Å². The second-order valence-corrected chi connectivity index (χ2v) is 9.88. The Labute approximate surface area is 164 Å². The first-order valence-electron chi connectivity index (χ1n) is 10.8. The van der Waals surface area contributed by atoms with Crippen LogP contribution in [0.4, 0.5) is 0 Å². The van der Waals surface area contributed by atoms with Gasteiger partial charge in [-0.2, -0.15) is 0 Å². The quantitative estimate of drug-likeness (QED) is 0.435.